The van der Waals surface area contributed by atoms with Gasteiger partial charge in [-0.1, -0.05) is 0 Å². The van der Waals surface area contributed by atoms with Crippen LogP contribution in [0.5, 0.6) is 0 Å². The molecule has 3 nitrogen and oxygen atoms in total. The third-order valence-electron chi connectivity index (χ3n) is 2.04. The van der Waals surface area contributed by atoms with E-state index in [-0.39, 0.29) is 11.3 Å². The number of Topliss-reactive ketones (excluding diaryl/α,β-unsaturated/α-hetero) is 1. The zero-order valence-corrected chi connectivity index (χ0v) is 9.18. The maximum atomic E-state index is 12.7. The van der Waals surface area contributed by atoms with Gasteiger partial charge in [-0.25, -0.2) is 0 Å². The van der Waals surface area contributed by atoms with Crippen molar-refractivity contribution >= 4 is 17.4 Å². The number of alkyl halides is 3. The van der Waals surface area contributed by atoms with Crippen LogP contribution in [0.15, 0.2) is 18.2 Å². The molecule has 0 aliphatic carbocycles. The van der Waals surface area contributed by atoms with Crippen molar-refractivity contribution in [3.63, 3.8) is 0 Å². The third-order valence-corrected chi connectivity index (χ3v) is 2.04. The number of anilines is 1. The molecule has 1 amide bonds. The Kier molecular flexibility index (Phi) is 3.55. The van der Waals surface area contributed by atoms with Crippen molar-refractivity contribution in [3.8, 4) is 0 Å². The van der Waals surface area contributed by atoms with Crippen molar-refractivity contribution in [2.24, 2.45) is 0 Å². The van der Waals surface area contributed by atoms with E-state index in [1.165, 1.54) is 13.0 Å². The quantitative estimate of drug-likeness (QED) is 0.814. The molecule has 0 bridgehead atoms. The molecule has 0 spiro atoms. The van der Waals surface area contributed by atoms with E-state index in [4.69, 9.17) is 0 Å². The fourth-order valence-corrected chi connectivity index (χ4v) is 1.30. The normalized spacial score (nSPS) is 11.1. The fourth-order valence-electron chi connectivity index (χ4n) is 1.30. The molecule has 0 radical (unpaired) electrons. The van der Waals surface area contributed by atoms with Gasteiger partial charge in [-0.15, -0.1) is 0 Å². The molecule has 1 N–H and O–H groups in total. The van der Waals surface area contributed by atoms with Gasteiger partial charge in [0.25, 0.3) is 0 Å². The largest absolute Gasteiger partial charge is 0.418 e. The first kappa shape index (κ1) is 13.2. The summed E-state index contributed by atoms with van der Waals surface area (Å²) in [7, 11) is 0. The van der Waals surface area contributed by atoms with E-state index in [2.05, 4.69) is 5.32 Å². The van der Waals surface area contributed by atoms with Crippen LogP contribution in [0.1, 0.15) is 29.8 Å². The Morgan fingerprint density at radius 1 is 1.18 bits per heavy atom. The molecule has 1 aromatic carbocycles. The lowest BCUT2D eigenvalue weighted by atomic mass is 10.1. The average molecular weight is 245 g/mol. The topological polar surface area (TPSA) is 46.2 Å². The van der Waals surface area contributed by atoms with Crippen molar-refractivity contribution in [2.75, 3.05) is 5.32 Å². The van der Waals surface area contributed by atoms with Crippen LogP contribution in [0.3, 0.4) is 0 Å². The molecule has 6 heteroatoms. The van der Waals surface area contributed by atoms with Gasteiger partial charge in [-0.05, 0) is 25.1 Å². The van der Waals surface area contributed by atoms with Crippen LogP contribution in [-0.2, 0) is 11.0 Å². The average Bonchev–Trinajstić information content (AvgIpc) is 2.15. The van der Waals surface area contributed by atoms with Crippen LogP contribution in [0.25, 0.3) is 0 Å². The number of nitrogens with one attached hydrogen (secondary N) is 1. The van der Waals surface area contributed by atoms with E-state index in [1.807, 2.05) is 0 Å². The first-order valence-electron chi connectivity index (χ1n) is 4.71. The van der Waals surface area contributed by atoms with Crippen molar-refractivity contribution in [1.29, 1.82) is 0 Å². The fraction of sp³-hybridized carbons (Fsp3) is 0.273. The number of rotatable bonds is 2. The van der Waals surface area contributed by atoms with E-state index in [0.717, 1.165) is 19.1 Å². The first-order valence-corrected chi connectivity index (χ1v) is 4.71. The summed E-state index contributed by atoms with van der Waals surface area (Å²) in [6.07, 6.45) is -4.62. The predicted molar refractivity (Wildman–Crippen MR) is 55.8 cm³/mol. The lowest BCUT2D eigenvalue weighted by Crippen LogP contribution is -2.14. The number of hydrogen-bond donors (Lipinski definition) is 1. The molecule has 1 rings (SSSR count). The maximum absolute atomic E-state index is 12.7. The van der Waals surface area contributed by atoms with E-state index in [9.17, 15) is 22.8 Å². The Bertz CT molecular complexity index is 466. The Hall–Kier alpha value is -1.85. The molecule has 17 heavy (non-hydrogen) atoms. The molecule has 0 fully saturated rings. The van der Waals surface area contributed by atoms with Crippen molar-refractivity contribution in [2.45, 2.75) is 20.0 Å². The minimum absolute atomic E-state index is 0.0496. The van der Waals surface area contributed by atoms with Crippen molar-refractivity contribution < 1.29 is 22.8 Å². The number of amides is 1. The molecule has 0 heterocycles. The minimum atomic E-state index is -4.62. The Labute approximate surface area is 95.6 Å². The number of carbonyl (C=O) groups is 2. The summed E-state index contributed by atoms with van der Waals surface area (Å²) in [6.45, 7) is 2.28. The summed E-state index contributed by atoms with van der Waals surface area (Å²) in [5.74, 6) is -1.07. The van der Waals surface area contributed by atoms with Crippen molar-refractivity contribution in [3.05, 3.63) is 29.3 Å². The summed E-state index contributed by atoms with van der Waals surface area (Å²) >= 11 is 0. The monoisotopic (exact) mass is 245 g/mol. The Morgan fingerprint density at radius 2 is 1.76 bits per heavy atom. The van der Waals surface area contributed by atoms with Crippen molar-refractivity contribution in [1.82, 2.24) is 0 Å². The molecule has 0 aliphatic heterocycles. The van der Waals surface area contributed by atoms with E-state index in [1.54, 1.807) is 0 Å². The van der Waals surface area contributed by atoms with Gasteiger partial charge in [0, 0.05) is 12.5 Å². The smallest absolute Gasteiger partial charge is 0.326 e. The van der Waals surface area contributed by atoms with E-state index < -0.39 is 23.4 Å². The summed E-state index contributed by atoms with van der Waals surface area (Å²) < 4.78 is 38.0. The van der Waals surface area contributed by atoms with Crippen LogP contribution in [0.4, 0.5) is 18.9 Å². The second kappa shape index (κ2) is 4.57. The van der Waals surface area contributed by atoms with Gasteiger partial charge < -0.3 is 5.32 Å². The van der Waals surface area contributed by atoms with Crippen LogP contribution in [0, 0.1) is 0 Å². The molecule has 0 unspecified atom stereocenters. The second-order valence-electron chi connectivity index (χ2n) is 3.50. The Balaban J connectivity index is 3.31. The number of halogens is 3. The summed E-state index contributed by atoms with van der Waals surface area (Å²) in [6, 6.07) is 3.04. The van der Waals surface area contributed by atoms with E-state index in [0.29, 0.717) is 0 Å². The first-order chi connectivity index (χ1) is 7.71. The minimum Gasteiger partial charge on any atom is -0.326 e. The lowest BCUT2D eigenvalue weighted by Gasteiger charge is -2.13. The van der Waals surface area contributed by atoms with Gasteiger partial charge in [-0.2, -0.15) is 13.2 Å². The molecule has 0 saturated heterocycles. The number of hydrogen-bond acceptors (Lipinski definition) is 2. The molecule has 0 aromatic heterocycles. The number of ketones is 1. The Morgan fingerprint density at radius 3 is 2.18 bits per heavy atom. The summed E-state index contributed by atoms with van der Waals surface area (Å²) in [5, 5.41) is 2.08. The zero-order chi connectivity index (χ0) is 13.2. The molecule has 0 aliphatic rings. The van der Waals surface area contributed by atoms with E-state index >= 15 is 0 Å². The standard InChI is InChI=1S/C11H10F3NO2/c1-6(16)8-3-4-10(15-7(2)17)9(5-8)11(12,13)14/h3-5H,1-2H3,(H,15,17). The SMILES string of the molecule is CC(=O)Nc1ccc(C(C)=O)cc1C(F)(F)F. The highest BCUT2D eigenvalue weighted by Crippen LogP contribution is 2.35. The molecule has 92 valence electrons. The number of carbonyl (C=O) groups excluding carboxylic acids is 2. The van der Waals surface area contributed by atoms with Crippen LogP contribution in [0.2, 0.25) is 0 Å². The van der Waals surface area contributed by atoms with Gasteiger partial charge in [0.1, 0.15) is 0 Å². The molecule has 1 aromatic rings. The van der Waals surface area contributed by atoms with Crippen LogP contribution >= 0.6 is 0 Å². The highest BCUT2D eigenvalue weighted by molar-refractivity contribution is 5.96. The highest BCUT2D eigenvalue weighted by atomic mass is 19.4. The van der Waals surface area contributed by atoms with Gasteiger partial charge in [0.05, 0.1) is 11.3 Å². The molecule has 0 saturated carbocycles. The predicted octanol–water partition coefficient (Wildman–Crippen LogP) is 2.87. The third kappa shape index (κ3) is 3.30. The number of benzene rings is 1. The summed E-state index contributed by atoms with van der Waals surface area (Å²) in [5.41, 5.74) is -1.43. The maximum Gasteiger partial charge on any atom is 0.418 e. The van der Waals surface area contributed by atoms with Gasteiger partial charge >= 0.3 is 6.18 Å². The molecular formula is C11H10F3NO2. The van der Waals surface area contributed by atoms with Gasteiger partial charge in [0.15, 0.2) is 5.78 Å². The summed E-state index contributed by atoms with van der Waals surface area (Å²) in [4.78, 5) is 21.8. The molecular weight excluding hydrogens is 235 g/mol. The highest BCUT2D eigenvalue weighted by Gasteiger charge is 2.34. The lowest BCUT2D eigenvalue weighted by molar-refractivity contribution is -0.137. The van der Waals surface area contributed by atoms with Gasteiger partial charge in [-0.3, -0.25) is 9.59 Å². The van der Waals surface area contributed by atoms with Gasteiger partial charge in [0.2, 0.25) is 5.91 Å². The zero-order valence-electron chi connectivity index (χ0n) is 9.18. The second-order valence-corrected chi connectivity index (χ2v) is 3.50. The van der Waals surface area contributed by atoms with Crippen LogP contribution in [-0.4, -0.2) is 11.7 Å². The molecule has 0 atom stereocenters. The van der Waals surface area contributed by atoms with Crippen LogP contribution < -0.4 is 5.32 Å².